The van der Waals surface area contributed by atoms with Crippen LogP contribution in [-0.4, -0.2) is 43.3 Å². The Labute approximate surface area is 102 Å². The fraction of sp³-hybridized carbons (Fsp3) is 0.909. The summed E-state index contributed by atoms with van der Waals surface area (Å²) >= 11 is 1.75. The van der Waals surface area contributed by atoms with Crippen LogP contribution in [0.4, 0.5) is 0 Å². The summed E-state index contributed by atoms with van der Waals surface area (Å²) in [4.78, 5) is 11.8. The summed E-state index contributed by atoms with van der Waals surface area (Å²) in [6, 6.07) is -0.0394. The fourth-order valence-corrected chi connectivity index (χ4v) is 2.56. The van der Waals surface area contributed by atoms with E-state index in [4.69, 9.17) is 4.74 Å². The van der Waals surface area contributed by atoms with Crippen molar-refractivity contribution in [3.63, 3.8) is 0 Å². The second kappa shape index (κ2) is 5.89. The molecule has 16 heavy (non-hydrogen) atoms. The van der Waals surface area contributed by atoms with Gasteiger partial charge in [-0.2, -0.15) is 0 Å². The van der Waals surface area contributed by atoms with E-state index in [0.717, 1.165) is 11.6 Å². The average Bonchev–Trinajstić information content (AvgIpc) is 2.68. The summed E-state index contributed by atoms with van der Waals surface area (Å²) < 4.78 is 5.39. The first-order chi connectivity index (χ1) is 7.45. The molecule has 4 nitrogen and oxygen atoms in total. The Balaban J connectivity index is 2.34. The van der Waals surface area contributed by atoms with Crippen LogP contribution in [0.3, 0.4) is 0 Å². The van der Waals surface area contributed by atoms with Gasteiger partial charge < -0.3 is 10.1 Å². The molecule has 0 saturated carbocycles. The van der Waals surface area contributed by atoms with Crippen molar-refractivity contribution >= 4 is 17.7 Å². The fourth-order valence-electron chi connectivity index (χ4n) is 1.62. The van der Waals surface area contributed by atoms with Crippen molar-refractivity contribution in [2.24, 2.45) is 5.41 Å². The molecular formula is C11H22N2O2S. The van der Waals surface area contributed by atoms with Gasteiger partial charge in [-0.05, 0) is 5.41 Å². The Morgan fingerprint density at radius 2 is 2.31 bits per heavy atom. The molecule has 1 fully saturated rings. The molecule has 0 unspecified atom stereocenters. The summed E-state index contributed by atoms with van der Waals surface area (Å²) in [7, 11) is 1.69. The van der Waals surface area contributed by atoms with Crippen LogP contribution in [0, 0.1) is 5.41 Å². The maximum atomic E-state index is 11.8. The number of thioether (sulfide) groups is 1. The van der Waals surface area contributed by atoms with E-state index in [9.17, 15) is 4.79 Å². The van der Waals surface area contributed by atoms with Gasteiger partial charge in [0.05, 0.1) is 12.1 Å². The molecule has 0 aromatic carbocycles. The summed E-state index contributed by atoms with van der Waals surface area (Å²) in [5, 5.41) is 6.09. The van der Waals surface area contributed by atoms with Gasteiger partial charge in [-0.1, -0.05) is 20.8 Å². The minimum Gasteiger partial charge on any atom is -0.379 e. The van der Waals surface area contributed by atoms with E-state index in [1.165, 1.54) is 0 Å². The summed E-state index contributed by atoms with van der Waals surface area (Å²) in [5.74, 6) is 1.81. The Morgan fingerprint density at radius 1 is 1.62 bits per heavy atom. The third kappa shape index (κ3) is 3.96. The molecular weight excluding hydrogens is 224 g/mol. The van der Waals surface area contributed by atoms with Crippen molar-refractivity contribution in [2.75, 3.05) is 25.3 Å². The second-order valence-corrected chi connectivity index (χ2v) is 6.14. The van der Waals surface area contributed by atoms with E-state index in [1.54, 1.807) is 18.9 Å². The molecule has 2 N–H and O–H groups in total. The predicted molar refractivity (Wildman–Crippen MR) is 67.5 cm³/mol. The molecule has 0 bridgehead atoms. The van der Waals surface area contributed by atoms with Crippen molar-refractivity contribution < 1.29 is 9.53 Å². The molecule has 2 atom stereocenters. The van der Waals surface area contributed by atoms with Crippen LogP contribution in [0.2, 0.25) is 0 Å². The maximum absolute atomic E-state index is 11.8. The number of rotatable bonds is 4. The van der Waals surface area contributed by atoms with Crippen LogP contribution >= 0.6 is 11.8 Å². The third-order valence-corrected chi connectivity index (χ3v) is 3.68. The van der Waals surface area contributed by atoms with E-state index in [-0.39, 0.29) is 23.5 Å². The van der Waals surface area contributed by atoms with Crippen LogP contribution < -0.4 is 10.6 Å². The Morgan fingerprint density at radius 3 is 2.75 bits per heavy atom. The van der Waals surface area contributed by atoms with E-state index in [0.29, 0.717) is 6.54 Å². The number of carbonyl (C=O) groups excluding carboxylic acids is 1. The highest BCUT2D eigenvalue weighted by molar-refractivity contribution is 7.99. The largest absolute Gasteiger partial charge is 0.379 e. The van der Waals surface area contributed by atoms with Gasteiger partial charge in [-0.25, -0.2) is 0 Å². The zero-order valence-corrected chi connectivity index (χ0v) is 11.3. The van der Waals surface area contributed by atoms with E-state index >= 15 is 0 Å². The van der Waals surface area contributed by atoms with E-state index in [2.05, 4.69) is 31.4 Å². The third-order valence-electron chi connectivity index (χ3n) is 2.74. The van der Waals surface area contributed by atoms with Gasteiger partial charge >= 0.3 is 0 Å². The summed E-state index contributed by atoms with van der Waals surface area (Å²) in [5.41, 5.74) is 0.0416. The van der Waals surface area contributed by atoms with Gasteiger partial charge in [0.25, 0.3) is 0 Å². The number of methoxy groups -OCH3 is 1. The monoisotopic (exact) mass is 246 g/mol. The van der Waals surface area contributed by atoms with Crippen molar-refractivity contribution in [2.45, 2.75) is 32.9 Å². The Hall–Kier alpha value is -0.260. The molecule has 94 valence electrons. The van der Waals surface area contributed by atoms with Crippen LogP contribution in [0.15, 0.2) is 0 Å². The lowest BCUT2D eigenvalue weighted by Gasteiger charge is -2.29. The van der Waals surface area contributed by atoms with Gasteiger partial charge in [0, 0.05) is 25.3 Å². The zero-order valence-electron chi connectivity index (χ0n) is 10.5. The van der Waals surface area contributed by atoms with E-state index in [1.807, 2.05) is 0 Å². The smallest absolute Gasteiger partial charge is 0.238 e. The van der Waals surface area contributed by atoms with Crippen molar-refractivity contribution in [1.29, 1.82) is 0 Å². The number of carbonyl (C=O) groups is 1. The summed E-state index contributed by atoms with van der Waals surface area (Å²) in [6.07, 6.45) is 0.0468. The predicted octanol–water partition coefficient (Wildman–Crippen LogP) is 0.826. The van der Waals surface area contributed by atoms with Gasteiger partial charge in [0.2, 0.25) is 5.91 Å². The quantitative estimate of drug-likeness (QED) is 0.771. The van der Waals surface area contributed by atoms with Gasteiger partial charge in [0.1, 0.15) is 0 Å². The van der Waals surface area contributed by atoms with Crippen LogP contribution in [0.25, 0.3) is 0 Å². The molecule has 1 aliphatic heterocycles. The van der Waals surface area contributed by atoms with Crippen molar-refractivity contribution in [1.82, 2.24) is 10.6 Å². The first-order valence-electron chi connectivity index (χ1n) is 5.57. The lowest BCUT2D eigenvalue weighted by Crippen LogP contribution is -2.47. The molecule has 0 aromatic heterocycles. The highest BCUT2D eigenvalue weighted by atomic mass is 32.2. The van der Waals surface area contributed by atoms with Gasteiger partial charge in [-0.3, -0.25) is 10.1 Å². The first-order valence-corrected chi connectivity index (χ1v) is 6.72. The normalized spacial score (nSPS) is 23.1. The molecule has 1 saturated heterocycles. The van der Waals surface area contributed by atoms with Crippen molar-refractivity contribution in [3.8, 4) is 0 Å². The highest BCUT2D eigenvalue weighted by Gasteiger charge is 2.27. The summed E-state index contributed by atoms with van der Waals surface area (Å²) in [6.45, 7) is 6.90. The number of nitrogens with one attached hydrogen (secondary N) is 2. The Bertz CT molecular complexity index is 235. The molecule has 0 radical (unpaired) electrons. The van der Waals surface area contributed by atoms with Gasteiger partial charge in [-0.15, -0.1) is 11.8 Å². The number of ether oxygens (including phenoxy) is 1. The zero-order chi connectivity index (χ0) is 12.2. The van der Waals surface area contributed by atoms with E-state index < -0.39 is 0 Å². The van der Waals surface area contributed by atoms with Crippen LogP contribution in [-0.2, 0) is 9.53 Å². The number of amides is 1. The molecule has 1 aliphatic rings. The molecule has 1 rings (SSSR count). The second-order valence-electron chi connectivity index (χ2n) is 5.11. The molecule has 1 heterocycles. The molecule has 1 amide bonds. The van der Waals surface area contributed by atoms with Crippen molar-refractivity contribution in [3.05, 3.63) is 0 Å². The average molecular weight is 246 g/mol. The van der Waals surface area contributed by atoms with Crippen LogP contribution in [0.5, 0.6) is 0 Å². The molecule has 5 heteroatoms. The molecule has 0 aliphatic carbocycles. The standard InChI is InChI=1S/C11H22N2O2S/c1-11(2,3)9(15-4)5-12-10(14)8-6-16-7-13-8/h8-9,13H,5-7H2,1-4H3,(H,12,14)/t8-,9-/m1/s1. The minimum absolute atomic E-state index is 0.0394. The van der Waals surface area contributed by atoms with Crippen LogP contribution in [0.1, 0.15) is 20.8 Å². The van der Waals surface area contributed by atoms with Gasteiger partial charge in [0.15, 0.2) is 0 Å². The number of hydrogen-bond acceptors (Lipinski definition) is 4. The lowest BCUT2D eigenvalue weighted by molar-refractivity contribution is -0.123. The minimum atomic E-state index is -0.0394. The maximum Gasteiger partial charge on any atom is 0.238 e. The molecule has 0 spiro atoms. The Kier molecular flexibility index (Phi) is 5.08. The highest BCUT2D eigenvalue weighted by Crippen LogP contribution is 2.21. The first kappa shape index (κ1) is 13.8. The number of hydrogen-bond donors (Lipinski definition) is 2. The topological polar surface area (TPSA) is 50.4 Å². The lowest BCUT2D eigenvalue weighted by atomic mass is 9.89. The SMILES string of the molecule is CO[C@H](CNC(=O)[C@H]1CSCN1)C(C)(C)C. The molecule has 0 aromatic rings.